The van der Waals surface area contributed by atoms with Crippen LogP contribution in [-0.4, -0.2) is 52.0 Å². The fourth-order valence-electron chi connectivity index (χ4n) is 10.5. The maximum absolute atomic E-state index is 6.90. The van der Waals surface area contributed by atoms with E-state index in [9.17, 15) is 0 Å². The largest absolute Gasteiger partial charge is 0.339 e. The first-order chi connectivity index (χ1) is 26.7. The Hall–Kier alpha value is -3.91. The molecule has 2 bridgehead atoms. The zero-order valence-corrected chi connectivity index (χ0v) is 35.3. The lowest BCUT2D eigenvalue weighted by Gasteiger charge is -2.48. The quantitative estimate of drug-likeness (QED) is 0.233. The Labute approximate surface area is 349 Å². The molecule has 0 amide bonds. The molecule has 2 aliphatic heterocycles. The molecular formula is C49H50B6N2. The third-order valence-corrected chi connectivity index (χ3v) is 13.8. The fourth-order valence-corrected chi connectivity index (χ4v) is 10.5. The van der Waals surface area contributed by atoms with E-state index >= 15 is 0 Å². The maximum atomic E-state index is 6.90. The number of fused-ring (bicyclic) bond motifs is 6. The molecule has 4 aliphatic rings. The molecule has 9 rings (SSSR count). The molecule has 2 fully saturated rings. The van der Waals surface area contributed by atoms with Crippen molar-refractivity contribution in [3.8, 4) is 11.1 Å². The zero-order valence-electron chi connectivity index (χ0n) is 35.3. The lowest BCUT2D eigenvalue weighted by Crippen LogP contribution is -2.63. The normalized spacial score (nSPS) is 19.8. The standard InChI is InChI=1S/C49H50B6N2/c1-47(2,3)29-12-16-32(17-13-29)56-35-18-14-30(48(4,5)6)24-33(35)55-34-25-31(49(7,8)9)15-19-36(34)57(37-21-26-10-11-27(37)20-26)39-23-28(22-38(56)46(39)55)40-41(50)43(52)45(54)44(53)42(40)51/h12-19,22-27,37H,10-11,20-21H2,1-9H3. The minimum Gasteiger partial charge on any atom is -0.339 e. The number of hydrogen-bond acceptors (Lipinski definition) is 2. The number of benzene rings is 5. The molecule has 0 N–H and O–H groups in total. The van der Waals surface area contributed by atoms with Crippen molar-refractivity contribution in [2.75, 3.05) is 9.80 Å². The van der Waals surface area contributed by atoms with E-state index in [0.717, 1.165) is 22.9 Å². The van der Waals surface area contributed by atoms with Crippen LogP contribution in [0.1, 0.15) is 105 Å². The molecule has 3 atom stereocenters. The van der Waals surface area contributed by atoms with Crippen LogP contribution < -0.4 is 53.5 Å². The average molecular weight is 732 g/mol. The topological polar surface area (TPSA) is 6.48 Å². The van der Waals surface area contributed by atoms with Gasteiger partial charge in [-0.3, -0.25) is 0 Å². The molecule has 8 heteroatoms. The fraction of sp³-hybridized carbons (Fsp3) is 0.388. The van der Waals surface area contributed by atoms with Crippen LogP contribution >= 0.6 is 0 Å². The second kappa shape index (κ2) is 13.0. The van der Waals surface area contributed by atoms with E-state index in [1.54, 1.807) is 0 Å². The van der Waals surface area contributed by atoms with Crippen LogP contribution in [0.5, 0.6) is 0 Å². The molecule has 0 saturated heterocycles. The van der Waals surface area contributed by atoms with Crippen molar-refractivity contribution in [3.05, 3.63) is 89.5 Å². The van der Waals surface area contributed by atoms with Crippen molar-refractivity contribution < 1.29 is 0 Å². The lowest BCUT2D eigenvalue weighted by atomic mass is 9.33. The maximum Gasteiger partial charge on any atom is 0.252 e. The third kappa shape index (κ3) is 6.04. The van der Waals surface area contributed by atoms with Crippen molar-refractivity contribution in [1.29, 1.82) is 0 Å². The average Bonchev–Trinajstić information content (AvgIpc) is 3.79. The molecule has 2 heterocycles. The van der Waals surface area contributed by atoms with Gasteiger partial charge in [0, 0.05) is 34.5 Å². The van der Waals surface area contributed by atoms with Gasteiger partial charge in [-0.2, -0.15) is 0 Å². The van der Waals surface area contributed by atoms with Gasteiger partial charge in [0.25, 0.3) is 6.71 Å². The zero-order chi connectivity index (χ0) is 40.7. The first-order valence-corrected chi connectivity index (χ1v) is 20.9. The van der Waals surface area contributed by atoms with Gasteiger partial charge in [0.15, 0.2) is 0 Å². The van der Waals surface area contributed by atoms with Crippen LogP contribution in [0.2, 0.25) is 0 Å². The molecule has 0 aromatic heterocycles. The van der Waals surface area contributed by atoms with Gasteiger partial charge in [0.1, 0.15) is 39.2 Å². The van der Waals surface area contributed by atoms with Gasteiger partial charge in [-0.1, -0.05) is 116 Å². The van der Waals surface area contributed by atoms with Crippen LogP contribution in [0, 0.1) is 11.8 Å². The highest BCUT2D eigenvalue weighted by Gasteiger charge is 2.49. The van der Waals surface area contributed by atoms with Crippen LogP contribution in [0.3, 0.4) is 0 Å². The molecular weight excluding hydrogens is 681 g/mol. The van der Waals surface area contributed by atoms with E-state index in [1.807, 2.05) is 0 Å². The van der Waals surface area contributed by atoms with Gasteiger partial charge < -0.3 is 9.80 Å². The second-order valence-electron chi connectivity index (χ2n) is 20.6. The summed E-state index contributed by atoms with van der Waals surface area (Å²) in [6.45, 7) is 20.7. The number of nitrogens with zero attached hydrogens (tertiary/aromatic N) is 2. The van der Waals surface area contributed by atoms with Crippen LogP contribution in [0.25, 0.3) is 11.1 Å². The molecule has 2 aliphatic carbocycles. The smallest absolute Gasteiger partial charge is 0.252 e. The second-order valence-corrected chi connectivity index (χ2v) is 20.6. The molecule has 5 aromatic carbocycles. The van der Waals surface area contributed by atoms with E-state index in [-0.39, 0.29) is 39.3 Å². The Morgan fingerprint density at radius 3 is 1.56 bits per heavy atom. The van der Waals surface area contributed by atoms with Gasteiger partial charge in [0.2, 0.25) is 0 Å². The highest BCUT2D eigenvalue weighted by molar-refractivity contribution is 7.00. The van der Waals surface area contributed by atoms with Crippen molar-refractivity contribution in [2.45, 2.75) is 110 Å². The predicted molar refractivity (Wildman–Crippen MR) is 252 cm³/mol. The van der Waals surface area contributed by atoms with Crippen LogP contribution in [0.15, 0.2) is 72.8 Å². The highest BCUT2D eigenvalue weighted by Crippen LogP contribution is 2.52. The summed E-state index contributed by atoms with van der Waals surface area (Å²) in [6, 6.07) is 28.6. The van der Waals surface area contributed by atoms with Crippen molar-refractivity contribution in [3.63, 3.8) is 0 Å². The summed E-state index contributed by atoms with van der Waals surface area (Å²) in [4.78, 5) is 5.20. The summed E-state index contributed by atoms with van der Waals surface area (Å²) in [5.74, 6) is 1.38. The molecule has 57 heavy (non-hydrogen) atoms. The first-order valence-electron chi connectivity index (χ1n) is 20.9. The van der Waals surface area contributed by atoms with E-state index in [4.69, 9.17) is 39.2 Å². The Morgan fingerprint density at radius 1 is 0.526 bits per heavy atom. The Bertz CT molecular complexity index is 2440. The first kappa shape index (κ1) is 38.6. The molecule has 3 unspecified atom stereocenters. The summed E-state index contributed by atoms with van der Waals surface area (Å²) in [5.41, 5.74) is 16.8. The van der Waals surface area contributed by atoms with Gasteiger partial charge in [0.05, 0.1) is 0 Å². The summed E-state index contributed by atoms with van der Waals surface area (Å²) in [7, 11) is 33.3. The van der Waals surface area contributed by atoms with Crippen molar-refractivity contribution in [2.24, 2.45) is 11.8 Å². The number of hydrogen-bond donors (Lipinski definition) is 0. The van der Waals surface area contributed by atoms with Gasteiger partial charge >= 0.3 is 0 Å². The Balaban J connectivity index is 1.42. The van der Waals surface area contributed by atoms with E-state index < -0.39 is 0 Å². The molecule has 0 spiro atoms. The number of rotatable bonds is 3. The van der Waals surface area contributed by atoms with Crippen LogP contribution in [-0.2, 0) is 16.2 Å². The van der Waals surface area contributed by atoms with Crippen LogP contribution in [0.4, 0.5) is 28.4 Å². The van der Waals surface area contributed by atoms with E-state index in [1.165, 1.54) is 75.8 Å². The molecule has 2 nitrogen and oxygen atoms in total. The summed E-state index contributed by atoms with van der Waals surface area (Å²) >= 11 is 0. The van der Waals surface area contributed by atoms with Gasteiger partial charge in [-0.15, -0.1) is 16.4 Å². The Kier molecular flexibility index (Phi) is 8.83. The molecule has 2 saturated carbocycles. The van der Waals surface area contributed by atoms with Gasteiger partial charge in [-0.05, 0) is 128 Å². The summed E-state index contributed by atoms with van der Waals surface area (Å²) in [6.07, 6.45) is 5.06. The minimum atomic E-state index is -0.0366. The summed E-state index contributed by atoms with van der Waals surface area (Å²) in [5, 5.41) is 0. The number of anilines is 5. The van der Waals surface area contributed by atoms with Gasteiger partial charge in [-0.25, -0.2) is 0 Å². The molecule has 5 aromatic rings. The monoisotopic (exact) mass is 732 g/mol. The molecule has 274 valence electrons. The molecule has 10 radical (unpaired) electrons. The van der Waals surface area contributed by atoms with E-state index in [2.05, 4.69) is 145 Å². The Morgan fingerprint density at radius 2 is 1.04 bits per heavy atom. The predicted octanol–water partition coefficient (Wildman–Crippen LogP) is 5.15. The minimum absolute atomic E-state index is 0.00478. The summed E-state index contributed by atoms with van der Waals surface area (Å²) < 4.78 is 0. The van der Waals surface area contributed by atoms with Crippen molar-refractivity contribution in [1.82, 2.24) is 0 Å². The SMILES string of the molecule is [B]c1c([B])c([B])c(-c2cc3c4c(c2)N(C2CC5CCC2C5)c2ccc(C(C)(C)C)cc2B4c2cc(C(C)(C)C)ccc2N3c2ccc(C(C)(C)C)cc2)c([B])c1[B]. The highest BCUT2D eigenvalue weighted by atomic mass is 15.2. The lowest BCUT2D eigenvalue weighted by molar-refractivity contribution is 0.413. The van der Waals surface area contributed by atoms with E-state index in [0.29, 0.717) is 28.4 Å². The third-order valence-electron chi connectivity index (χ3n) is 13.8. The van der Waals surface area contributed by atoms with Crippen molar-refractivity contribution >= 4 is 118 Å².